The van der Waals surface area contributed by atoms with Crippen LogP contribution in [0.2, 0.25) is 0 Å². The molecule has 0 saturated heterocycles. The summed E-state index contributed by atoms with van der Waals surface area (Å²) in [5.74, 6) is 0. The van der Waals surface area contributed by atoms with Crippen LogP contribution in [0.1, 0.15) is 13.3 Å². The van der Waals surface area contributed by atoms with E-state index >= 15 is 0 Å². The minimum atomic E-state index is 0. The van der Waals surface area contributed by atoms with Crippen LogP contribution in [-0.4, -0.2) is 9.55 Å². The third-order valence-corrected chi connectivity index (χ3v) is 1.04. The van der Waals surface area contributed by atoms with E-state index in [1.54, 1.807) is 6.20 Å². The molecule has 0 aliphatic rings. The van der Waals surface area contributed by atoms with Gasteiger partial charge in [0.05, 0.1) is 6.33 Å². The maximum atomic E-state index is 3.90. The minimum Gasteiger partial charge on any atom is -0.344 e. The molecule has 3 nitrogen and oxygen atoms in total. The van der Waals surface area contributed by atoms with Crippen molar-refractivity contribution in [2.24, 2.45) is 0 Å². The van der Waals surface area contributed by atoms with Crippen LogP contribution in [0.15, 0.2) is 18.7 Å². The SMILES string of the molecule is CCCn1ccnc1.N. The summed E-state index contributed by atoms with van der Waals surface area (Å²) in [5, 5.41) is 0. The second-order valence-electron chi connectivity index (χ2n) is 1.80. The Labute approximate surface area is 55.3 Å². The summed E-state index contributed by atoms with van der Waals surface area (Å²) in [5.41, 5.74) is 0. The Bertz CT molecular complexity index is 134. The first kappa shape index (κ1) is 8.17. The number of aryl methyl sites for hydroxylation is 1. The molecule has 0 aliphatic carbocycles. The Morgan fingerprint density at radius 3 is 2.78 bits per heavy atom. The molecule has 1 aromatic heterocycles. The number of nitrogens with zero attached hydrogens (tertiary/aromatic N) is 2. The van der Waals surface area contributed by atoms with Crippen molar-refractivity contribution in [1.82, 2.24) is 15.7 Å². The van der Waals surface area contributed by atoms with Crippen molar-refractivity contribution in [3.8, 4) is 0 Å². The lowest BCUT2D eigenvalue weighted by Gasteiger charge is -1.93. The molecule has 0 atom stereocenters. The summed E-state index contributed by atoms with van der Waals surface area (Å²) < 4.78 is 2.07. The maximum absolute atomic E-state index is 3.90. The molecular formula is C6H13N3. The van der Waals surface area contributed by atoms with E-state index in [1.165, 1.54) is 6.42 Å². The first-order valence-corrected chi connectivity index (χ1v) is 2.89. The van der Waals surface area contributed by atoms with Crippen molar-refractivity contribution in [2.45, 2.75) is 19.9 Å². The molecule has 9 heavy (non-hydrogen) atoms. The number of hydrogen-bond acceptors (Lipinski definition) is 2. The summed E-state index contributed by atoms with van der Waals surface area (Å²) in [4.78, 5) is 3.90. The van der Waals surface area contributed by atoms with Crippen LogP contribution >= 0.6 is 0 Å². The lowest BCUT2D eigenvalue weighted by atomic mass is 10.5. The lowest BCUT2D eigenvalue weighted by Crippen LogP contribution is -1.90. The molecule has 0 aromatic carbocycles. The zero-order chi connectivity index (χ0) is 5.82. The Balaban J connectivity index is 0.000000640. The summed E-state index contributed by atoms with van der Waals surface area (Å²) in [6, 6.07) is 0. The fourth-order valence-electron chi connectivity index (χ4n) is 0.677. The van der Waals surface area contributed by atoms with Crippen molar-refractivity contribution in [1.29, 1.82) is 0 Å². The molecule has 0 spiro atoms. The van der Waals surface area contributed by atoms with Crippen LogP contribution in [0, 0.1) is 0 Å². The summed E-state index contributed by atoms with van der Waals surface area (Å²) in [6.07, 6.45) is 6.79. The van der Waals surface area contributed by atoms with Gasteiger partial charge in [0, 0.05) is 18.9 Å². The lowest BCUT2D eigenvalue weighted by molar-refractivity contribution is 0.678. The molecule has 52 valence electrons. The normalized spacial score (nSPS) is 8.56. The van der Waals surface area contributed by atoms with Crippen molar-refractivity contribution in [3.05, 3.63) is 18.7 Å². The van der Waals surface area contributed by atoms with E-state index in [2.05, 4.69) is 16.5 Å². The predicted octanol–water partition coefficient (Wildman–Crippen LogP) is 1.46. The van der Waals surface area contributed by atoms with Gasteiger partial charge in [0.1, 0.15) is 0 Å². The van der Waals surface area contributed by atoms with Gasteiger partial charge in [-0.25, -0.2) is 4.98 Å². The number of imidazole rings is 1. The second-order valence-corrected chi connectivity index (χ2v) is 1.80. The minimum absolute atomic E-state index is 0. The van der Waals surface area contributed by atoms with E-state index < -0.39 is 0 Å². The van der Waals surface area contributed by atoms with E-state index in [1.807, 2.05) is 12.5 Å². The second kappa shape index (κ2) is 4.09. The van der Waals surface area contributed by atoms with Crippen LogP contribution in [0.25, 0.3) is 0 Å². The largest absolute Gasteiger partial charge is 0.344 e. The number of rotatable bonds is 2. The highest BCUT2D eigenvalue weighted by atomic mass is 15.0. The molecule has 0 saturated carbocycles. The molecule has 0 radical (unpaired) electrons. The fraction of sp³-hybridized carbons (Fsp3) is 0.500. The molecule has 1 rings (SSSR count). The Kier molecular flexibility index (Phi) is 3.71. The first-order valence-electron chi connectivity index (χ1n) is 2.89. The van der Waals surface area contributed by atoms with Gasteiger partial charge in [-0.05, 0) is 6.42 Å². The van der Waals surface area contributed by atoms with Gasteiger partial charge in [0.2, 0.25) is 0 Å². The molecule has 0 bridgehead atoms. The molecule has 3 N–H and O–H groups in total. The van der Waals surface area contributed by atoms with Crippen molar-refractivity contribution < 1.29 is 0 Å². The standard InChI is InChI=1S/C6H10N2.H3N/c1-2-4-8-5-3-7-6-8;/h3,5-6H,2,4H2,1H3;1H3. The van der Waals surface area contributed by atoms with E-state index in [9.17, 15) is 0 Å². The van der Waals surface area contributed by atoms with Gasteiger partial charge in [0.25, 0.3) is 0 Å². The molecule has 0 amide bonds. The van der Waals surface area contributed by atoms with Crippen LogP contribution in [-0.2, 0) is 6.54 Å². The van der Waals surface area contributed by atoms with Crippen LogP contribution in [0.5, 0.6) is 0 Å². The Hall–Kier alpha value is -0.830. The number of aromatic nitrogens is 2. The van der Waals surface area contributed by atoms with E-state index in [-0.39, 0.29) is 6.15 Å². The average molecular weight is 127 g/mol. The highest BCUT2D eigenvalue weighted by Gasteiger charge is 1.81. The molecule has 1 aromatic rings. The monoisotopic (exact) mass is 127 g/mol. The highest BCUT2D eigenvalue weighted by molar-refractivity contribution is 4.73. The van der Waals surface area contributed by atoms with Crippen LogP contribution in [0.4, 0.5) is 0 Å². The summed E-state index contributed by atoms with van der Waals surface area (Å²) >= 11 is 0. The van der Waals surface area contributed by atoms with Crippen LogP contribution in [0.3, 0.4) is 0 Å². The van der Waals surface area contributed by atoms with Gasteiger partial charge in [-0.15, -0.1) is 0 Å². The van der Waals surface area contributed by atoms with Gasteiger partial charge in [-0.2, -0.15) is 0 Å². The van der Waals surface area contributed by atoms with Gasteiger partial charge in [-0.1, -0.05) is 6.92 Å². The zero-order valence-corrected chi connectivity index (χ0v) is 5.75. The maximum Gasteiger partial charge on any atom is 0.0945 e. The summed E-state index contributed by atoms with van der Waals surface area (Å²) in [6.45, 7) is 3.24. The molecule has 3 heteroatoms. The van der Waals surface area contributed by atoms with Gasteiger partial charge >= 0.3 is 0 Å². The predicted molar refractivity (Wildman–Crippen MR) is 37.5 cm³/mol. The van der Waals surface area contributed by atoms with Crippen molar-refractivity contribution in [2.75, 3.05) is 0 Å². The molecule has 0 fully saturated rings. The first-order chi connectivity index (χ1) is 3.93. The Morgan fingerprint density at radius 1 is 1.56 bits per heavy atom. The third-order valence-electron chi connectivity index (χ3n) is 1.04. The molecule has 0 unspecified atom stereocenters. The topological polar surface area (TPSA) is 52.8 Å². The van der Waals surface area contributed by atoms with E-state index in [0.29, 0.717) is 0 Å². The Morgan fingerprint density at radius 2 is 2.33 bits per heavy atom. The number of hydrogen-bond donors (Lipinski definition) is 1. The fourth-order valence-corrected chi connectivity index (χ4v) is 0.677. The van der Waals surface area contributed by atoms with Gasteiger partial charge in [0.15, 0.2) is 0 Å². The van der Waals surface area contributed by atoms with E-state index in [0.717, 1.165) is 6.54 Å². The zero-order valence-electron chi connectivity index (χ0n) is 5.75. The highest BCUT2D eigenvalue weighted by Crippen LogP contribution is 1.87. The summed E-state index contributed by atoms with van der Waals surface area (Å²) in [7, 11) is 0. The average Bonchev–Trinajstić information content (AvgIpc) is 2.19. The third kappa shape index (κ3) is 2.28. The van der Waals surface area contributed by atoms with E-state index in [4.69, 9.17) is 0 Å². The van der Waals surface area contributed by atoms with Crippen molar-refractivity contribution >= 4 is 0 Å². The van der Waals surface area contributed by atoms with Crippen LogP contribution < -0.4 is 6.15 Å². The quantitative estimate of drug-likeness (QED) is 0.653. The van der Waals surface area contributed by atoms with Gasteiger partial charge < -0.3 is 10.7 Å². The smallest absolute Gasteiger partial charge is 0.0945 e. The van der Waals surface area contributed by atoms with Gasteiger partial charge in [-0.3, -0.25) is 0 Å². The molecular weight excluding hydrogens is 114 g/mol. The molecule has 0 aliphatic heterocycles. The molecule has 1 heterocycles. The van der Waals surface area contributed by atoms with Crippen molar-refractivity contribution in [3.63, 3.8) is 0 Å².